The number of hydrogen-bond donors (Lipinski definition) is 2. The molecule has 6 nitrogen and oxygen atoms in total. The summed E-state index contributed by atoms with van der Waals surface area (Å²) in [7, 11) is -3.64. The molecule has 2 aromatic rings. The number of carbonyl (C=O) groups is 1. The van der Waals surface area contributed by atoms with Gasteiger partial charge in [0.1, 0.15) is 5.76 Å². The van der Waals surface area contributed by atoms with Crippen molar-refractivity contribution in [1.29, 1.82) is 0 Å². The Morgan fingerprint density at radius 3 is 2.67 bits per heavy atom. The van der Waals surface area contributed by atoms with Crippen molar-refractivity contribution in [2.24, 2.45) is 0 Å². The van der Waals surface area contributed by atoms with Gasteiger partial charge in [0.2, 0.25) is 0 Å². The molecule has 1 aromatic carbocycles. The van der Waals surface area contributed by atoms with Crippen molar-refractivity contribution in [3.8, 4) is 0 Å². The maximum Gasteiger partial charge on any atom is 0.335 e. The molecule has 0 saturated carbocycles. The van der Waals surface area contributed by atoms with Crippen LogP contribution in [0.5, 0.6) is 0 Å². The Bertz CT molecular complexity index is 768. The van der Waals surface area contributed by atoms with Crippen LogP contribution in [0.2, 0.25) is 5.02 Å². The number of sulfone groups is 1. The van der Waals surface area contributed by atoms with Crippen molar-refractivity contribution in [2.45, 2.75) is 11.4 Å². The van der Waals surface area contributed by atoms with E-state index >= 15 is 0 Å². The number of furan rings is 1. The first-order valence-electron chi connectivity index (χ1n) is 5.82. The minimum Gasteiger partial charge on any atom is -0.478 e. The van der Waals surface area contributed by atoms with E-state index in [0.29, 0.717) is 5.76 Å². The van der Waals surface area contributed by atoms with Crippen LogP contribution in [-0.2, 0) is 16.4 Å². The van der Waals surface area contributed by atoms with Gasteiger partial charge >= 0.3 is 5.97 Å². The van der Waals surface area contributed by atoms with E-state index in [9.17, 15) is 13.2 Å². The third-order valence-corrected chi connectivity index (χ3v) is 4.36. The SMILES string of the molecule is CS(=O)(=O)c1cc(C(=O)O)cc(NCc2ccco2)c1Cl. The van der Waals surface area contributed by atoms with Gasteiger partial charge in [-0.1, -0.05) is 11.6 Å². The van der Waals surface area contributed by atoms with Crippen LogP contribution in [0.3, 0.4) is 0 Å². The summed E-state index contributed by atoms with van der Waals surface area (Å²) >= 11 is 6.05. The van der Waals surface area contributed by atoms with Gasteiger partial charge in [0, 0.05) is 6.26 Å². The Hall–Kier alpha value is -1.99. The van der Waals surface area contributed by atoms with E-state index in [-0.39, 0.29) is 27.7 Å². The summed E-state index contributed by atoms with van der Waals surface area (Å²) in [5.41, 5.74) is 0.0511. The quantitative estimate of drug-likeness (QED) is 0.875. The van der Waals surface area contributed by atoms with Crippen LogP contribution in [-0.4, -0.2) is 25.7 Å². The molecule has 0 fully saturated rings. The average Bonchev–Trinajstić information content (AvgIpc) is 2.88. The number of hydrogen-bond acceptors (Lipinski definition) is 5. The fourth-order valence-electron chi connectivity index (χ4n) is 1.72. The summed E-state index contributed by atoms with van der Waals surface area (Å²) in [6.45, 7) is 0.249. The van der Waals surface area contributed by atoms with Gasteiger partial charge in [-0.3, -0.25) is 0 Å². The monoisotopic (exact) mass is 329 g/mol. The lowest BCUT2D eigenvalue weighted by Gasteiger charge is -2.11. The molecule has 1 heterocycles. The summed E-state index contributed by atoms with van der Waals surface area (Å²) in [5, 5.41) is 11.9. The van der Waals surface area contributed by atoms with Crippen molar-refractivity contribution in [3.63, 3.8) is 0 Å². The fraction of sp³-hybridized carbons (Fsp3) is 0.154. The summed E-state index contributed by atoms with van der Waals surface area (Å²) in [6.07, 6.45) is 2.46. The van der Waals surface area contributed by atoms with Gasteiger partial charge in [-0.25, -0.2) is 13.2 Å². The highest BCUT2D eigenvalue weighted by Crippen LogP contribution is 2.31. The summed E-state index contributed by atoms with van der Waals surface area (Å²) in [4.78, 5) is 10.9. The molecule has 2 N–H and O–H groups in total. The lowest BCUT2D eigenvalue weighted by molar-refractivity contribution is 0.0696. The molecular formula is C13H12ClNO5S. The highest BCUT2D eigenvalue weighted by atomic mass is 35.5. The van der Waals surface area contributed by atoms with E-state index in [2.05, 4.69) is 5.32 Å². The summed E-state index contributed by atoms with van der Waals surface area (Å²) in [6, 6.07) is 5.74. The second kappa shape index (κ2) is 5.79. The minimum absolute atomic E-state index is 0.0472. The molecule has 0 saturated heterocycles. The molecule has 0 unspecified atom stereocenters. The summed E-state index contributed by atoms with van der Waals surface area (Å²) < 4.78 is 28.5. The predicted octanol–water partition coefficient (Wildman–Crippen LogP) is 2.65. The molecule has 8 heteroatoms. The molecule has 112 valence electrons. The van der Waals surface area contributed by atoms with Crippen LogP contribution < -0.4 is 5.32 Å². The van der Waals surface area contributed by atoms with Gasteiger partial charge in [-0.05, 0) is 24.3 Å². The lowest BCUT2D eigenvalue weighted by atomic mass is 10.2. The predicted molar refractivity (Wildman–Crippen MR) is 77.6 cm³/mol. The van der Waals surface area contributed by atoms with Crippen LogP contribution in [0.1, 0.15) is 16.1 Å². The maximum atomic E-state index is 11.7. The second-order valence-electron chi connectivity index (χ2n) is 4.35. The minimum atomic E-state index is -3.64. The van der Waals surface area contributed by atoms with Gasteiger partial charge in [-0.2, -0.15) is 0 Å². The van der Waals surface area contributed by atoms with E-state index in [1.165, 1.54) is 12.3 Å². The Balaban J connectivity index is 2.44. The van der Waals surface area contributed by atoms with Crippen LogP contribution in [0.4, 0.5) is 5.69 Å². The number of halogens is 1. The molecule has 0 aliphatic heterocycles. The van der Waals surface area contributed by atoms with Gasteiger partial charge in [0.05, 0.1) is 34.0 Å². The number of carboxylic acids is 1. The molecule has 0 atom stereocenters. The first-order chi connectivity index (χ1) is 9.79. The van der Waals surface area contributed by atoms with Gasteiger partial charge in [-0.15, -0.1) is 0 Å². The molecule has 2 rings (SSSR count). The number of benzene rings is 1. The normalized spacial score (nSPS) is 11.3. The van der Waals surface area contributed by atoms with Crippen LogP contribution in [0.15, 0.2) is 39.8 Å². The number of nitrogens with one attached hydrogen (secondary N) is 1. The molecule has 21 heavy (non-hydrogen) atoms. The van der Waals surface area contributed by atoms with Crippen molar-refractivity contribution < 1.29 is 22.7 Å². The largest absolute Gasteiger partial charge is 0.478 e. The average molecular weight is 330 g/mol. The van der Waals surface area contributed by atoms with Crippen molar-refractivity contribution >= 4 is 33.1 Å². The molecule has 0 amide bonds. The Morgan fingerprint density at radius 2 is 2.14 bits per heavy atom. The maximum absolute atomic E-state index is 11.7. The first kappa shape index (κ1) is 15.4. The van der Waals surface area contributed by atoms with Crippen LogP contribution >= 0.6 is 11.6 Å². The Labute approximate surface area is 126 Å². The van der Waals surface area contributed by atoms with Crippen LogP contribution in [0.25, 0.3) is 0 Å². The number of rotatable bonds is 5. The zero-order valence-corrected chi connectivity index (χ0v) is 12.5. The number of aromatic carboxylic acids is 1. The van der Waals surface area contributed by atoms with E-state index in [1.807, 2.05) is 0 Å². The number of anilines is 1. The molecule has 0 radical (unpaired) electrons. The first-order valence-corrected chi connectivity index (χ1v) is 8.09. The van der Waals surface area contributed by atoms with Crippen LogP contribution in [0, 0.1) is 0 Å². The lowest BCUT2D eigenvalue weighted by Crippen LogP contribution is -2.07. The third kappa shape index (κ3) is 3.56. The molecule has 0 aliphatic rings. The molecular weight excluding hydrogens is 318 g/mol. The molecule has 0 aliphatic carbocycles. The van der Waals surface area contributed by atoms with E-state index in [4.69, 9.17) is 21.1 Å². The third-order valence-electron chi connectivity index (χ3n) is 2.72. The smallest absolute Gasteiger partial charge is 0.335 e. The van der Waals surface area contributed by atoms with E-state index in [0.717, 1.165) is 12.3 Å². The highest BCUT2D eigenvalue weighted by molar-refractivity contribution is 7.90. The standard InChI is InChI=1S/C13H12ClNO5S/c1-21(18,19)11-6-8(13(16)17)5-10(12(11)14)15-7-9-3-2-4-20-9/h2-6,15H,7H2,1H3,(H,16,17). The van der Waals surface area contributed by atoms with Gasteiger partial charge < -0.3 is 14.8 Å². The highest BCUT2D eigenvalue weighted by Gasteiger charge is 2.19. The van der Waals surface area contributed by atoms with Crippen molar-refractivity contribution in [3.05, 3.63) is 46.9 Å². The number of carboxylic acid groups (broad SMARTS) is 1. The van der Waals surface area contributed by atoms with Gasteiger partial charge in [0.25, 0.3) is 0 Å². The van der Waals surface area contributed by atoms with Crippen molar-refractivity contribution in [2.75, 3.05) is 11.6 Å². The zero-order valence-electron chi connectivity index (χ0n) is 11.0. The van der Waals surface area contributed by atoms with Gasteiger partial charge in [0.15, 0.2) is 9.84 Å². The van der Waals surface area contributed by atoms with E-state index < -0.39 is 15.8 Å². The topological polar surface area (TPSA) is 96.6 Å². The second-order valence-corrected chi connectivity index (χ2v) is 6.71. The van der Waals surface area contributed by atoms with Crippen molar-refractivity contribution in [1.82, 2.24) is 0 Å². The zero-order chi connectivity index (χ0) is 15.6. The summed E-state index contributed by atoms with van der Waals surface area (Å²) in [5.74, 6) is -0.634. The Morgan fingerprint density at radius 1 is 1.43 bits per heavy atom. The molecule has 0 bridgehead atoms. The Kier molecular flexibility index (Phi) is 4.24. The fourth-order valence-corrected chi connectivity index (χ4v) is 3.09. The van der Waals surface area contributed by atoms with E-state index in [1.54, 1.807) is 12.1 Å². The molecule has 1 aromatic heterocycles. The molecule has 0 spiro atoms.